The van der Waals surface area contributed by atoms with Gasteiger partial charge in [-0.3, -0.25) is 0 Å². The molecule has 17 heavy (non-hydrogen) atoms. The van der Waals surface area contributed by atoms with Crippen LogP contribution >= 0.6 is 11.8 Å². The van der Waals surface area contributed by atoms with E-state index in [0.717, 1.165) is 12.2 Å². The van der Waals surface area contributed by atoms with Crippen LogP contribution in [0.4, 0.5) is 0 Å². The van der Waals surface area contributed by atoms with Gasteiger partial charge in [-0.25, -0.2) is 8.42 Å². The van der Waals surface area contributed by atoms with Crippen LogP contribution in [0.15, 0.2) is 0 Å². The predicted octanol–water partition coefficient (Wildman–Crippen LogP) is 0.432. The molecule has 0 aliphatic carbocycles. The molecule has 2 rings (SSSR count). The van der Waals surface area contributed by atoms with Gasteiger partial charge >= 0.3 is 0 Å². The smallest absolute Gasteiger partial charge is 0.151 e. The Labute approximate surface area is 107 Å². The van der Waals surface area contributed by atoms with Crippen molar-refractivity contribution < 1.29 is 18.6 Å². The summed E-state index contributed by atoms with van der Waals surface area (Å²) in [6, 6.07) is 0. The lowest BCUT2D eigenvalue weighted by Gasteiger charge is -2.49. The van der Waals surface area contributed by atoms with E-state index in [1.165, 1.54) is 0 Å². The quantitative estimate of drug-likeness (QED) is 0.767. The minimum atomic E-state index is -3.12. The summed E-state index contributed by atoms with van der Waals surface area (Å²) in [5.74, 6) is 1.69. The molecule has 2 heterocycles. The number of hydrogen-bond acceptors (Lipinski definition) is 5. The normalized spacial score (nSPS) is 42.2. The van der Waals surface area contributed by atoms with Crippen LogP contribution in [0, 0.1) is 5.41 Å². The molecule has 0 aromatic rings. The summed E-state index contributed by atoms with van der Waals surface area (Å²) in [6.07, 6.45) is 2.66. The third kappa shape index (κ3) is 2.50. The maximum absolute atomic E-state index is 11.8. The topological polar surface area (TPSA) is 74.6 Å². The number of aliphatic hydroxyl groups is 2. The Balaban J connectivity index is 2.29. The molecule has 2 fully saturated rings. The molecule has 0 aromatic heterocycles. The van der Waals surface area contributed by atoms with Gasteiger partial charge in [0.1, 0.15) is 0 Å². The van der Waals surface area contributed by atoms with Crippen LogP contribution in [0.25, 0.3) is 0 Å². The molecule has 2 aliphatic heterocycles. The highest BCUT2D eigenvalue weighted by atomic mass is 32.2. The SMILES string of the molecule is O=S1(=O)CCCC(CO)(C2(O)CCCSC2)C1. The Kier molecular flexibility index (Phi) is 3.79. The maximum Gasteiger partial charge on any atom is 0.151 e. The molecule has 2 aliphatic rings. The molecule has 2 unspecified atom stereocenters. The lowest BCUT2D eigenvalue weighted by molar-refractivity contribution is -0.0945. The van der Waals surface area contributed by atoms with Crippen LogP contribution in [0.1, 0.15) is 25.7 Å². The van der Waals surface area contributed by atoms with Gasteiger partial charge in [0.05, 0.1) is 23.7 Å². The van der Waals surface area contributed by atoms with E-state index in [4.69, 9.17) is 0 Å². The zero-order valence-corrected chi connectivity index (χ0v) is 11.5. The van der Waals surface area contributed by atoms with E-state index in [2.05, 4.69) is 0 Å². The van der Waals surface area contributed by atoms with E-state index in [-0.39, 0.29) is 18.1 Å². The van der Waals surface area contributed by atoms with Gasteiger partial charge < -0.3 is 10.2 Å². The monoisotopic (exact) mass is 280 g/mol. The number of aliphatic hydroxyl groups excluding tert-OH is 1. The summed E-state index contributed by atoms with van der Waals surface area (Å²) in [5.41, 5.74) is -1.85. The number of sulfone groups is 1. The number of hydrogen-bond donors (Lipinski definition) is 2. The second kappa shape index (κ2) is 4.72. The van der Waals surface area contributed by atoms with Crippen molar-refractivity contribution in [3.05, 3.63) is 0 Å². The molecule has 0 amide bonds. The van der Waals surface area contributed by atoms with Crippen molar-refractivity contribution in [1.29, 1.82) is 0 Å². The molecule has 2 atom stereocenters. The first-order chi connectivity index (χ1) is 7.93. The molecule has 2 saturated heterocycles. The zero-order chi connectivity index (χ0) is 12.6. The molecular weight excluding hydrogens is 260 g/mol. The molecule has 0 saturated carbocycles. The van der Waals surface area contributed by atoms with E-state index in [9.17, 15) is 18.6 Å². The van der Waals surface area contributed by atoms with Crippen LogP contribution in [-0.2, 0) is 9.84 Å². The summed E-state index contributed by atoms with van der Waals surface area (Å²) < 4.78 is 23.6. The molecule has 0 radical (unpaired) electrons. The van der Waals surface area contributed by atoms with Crippen molar-refractivity contribution in [1.82, 2.24) is 0 Å². The van der Waals surface area contributed by atoms with Gasteiger partial charge in [-0.1, -0.05) is 0 Å². The van der Waals surface area contributed by atoms with E-state index in [1.807, 2.05) is 0 Å². The van der Waals surface area contributed by atoms with Crippen molar-refractivity contribution >= 4 is 21.6 Å². The van der Waals surface area contributed by atoms with Gasteiger partial charge in [0, 0.05) is 11.2 Å². The summed E-state index contributed by atoms with van der Waals surface area (Å²) in [6.45, 7) is -0.233. The Morgan fingerprint density at radius 3 is 2.53 bits per heavy atom. The molecule has 0 spiro atoms. The number of rotatable bonds is 2. The first kappa shape index (κ1) is 13.6. The molecule has 0 aromatic carbocycles. The Bertz CT molecular complexity index is 373. The third-order valence-electron chi connectivity index (χ3n) is 4.12. The first-order valence-corrected chi connectivity index (χ1v) is 9.02. The average Bonchev–Trinajstić information content (AvgIpc) is 2.28. The standard InChI is InChI=1S/C11H20O4S2/c12-7-10(3-2-6-17(14,15)9-10)11(13)4-1-5-16-8-11/h12-13H,1-9H2. The van der Waals surface area contributed by atoms with Crippen molar-refractivity contribution in [3.63, 3.8) is 0 Å². The van der Waals surface area contributed by atoms with Gasteiger partial charge in [0.2, 0.25) is 0 Å². The van der Waals surface area contributed by atoms with Crippen LogP contribution in [-0.4, -0.2) is 53.9 Å². The van der Waals surface area contributed by atoms with E-state index in [0.29, 0.717) is 25.0 Å². The van der Waals surface area contributed by atoms with E-state index >= 15 is 0 Å². The molecular formula is C11H20O4S2. The molecule has 6 heteroatoms. The summed E-state index contributed by atoms with van der Waals surface area (Å²) >= 11 is 1.65. The average molecular weight is 280 g/mol. The Morgan fingerprint density at radius 1 is 1.24 bits per heavy atom. The third-order valence-corrected chi connectivity index (χ3v) is 7.28. The molecule has 100 valence electrons. The highest BCUT2D eigenvalue weighted by Crippen LogP contribution is 2.46. The van der Waals surface area contributed by atoms with Crippen molar-refractivity contribution in [2.75, 3.05) is 29.6 Å². The second-order valence-electron chi connectivity index (χ2n) is 5.32. The molecule has 4 nitrogen and oxygen atoms in total. The highest BCUT2D eigenvalue weighted by Gasteiger charge is 2.53. The fourth-order valence-electron chi connectivity index (χ4n) is 3.03. The lowest BCUT2D eigenvalue weighted by Crippen LogP contribution is -2.59. The van der Waals surface area contributed by atoms with Crippen LogP contribution in [0.2, 0.25) is 0 Å². The molecule has 0 bridgehead atoms. The fourth-order valence-corrected chi connectivity index (χ4v) is 6.39. The lowest BCUT2D eigenvalue weighted by atomic mass is 9.69. The summed E-state index contributed by atoms with van der Waals surface area (Å²) in [4.78, 5) is 0. The minimum absolute atomic E-state index is 0.0619. The second-order valence-corrected chi connectivity index (χ2v) is 8.61. The first-order valence-electron chi connectivity index (χ1n) is 6.05. The maximum atomic E-state index is 11.8. The summed E-state index contributed by atoms with van der Waals surface area (Å²) in [7, 11) is -3.12. The van der Waals surface area contributed by atoms with E-state index < -0.39 is 20.9 Å². The van der Waals surface area contributed by atoms with Crippen molar-refractivity contribution in [2.24, 2.45) is 5.41 Å². The Hall–Kier alpha value is 0.220. The van der Waals surface area contributed by atoms with Crippen LogP contribution in [0.3, 0.4) is 0 Å². The van der Waals surface area contributed by atoms with Gasteiger partial charge in [-0.15, -0.1) is 0 Å². The van der Waals surface area contributed by atoms with Crippen LogP contribution < -0.4 is 0 Å². The Morgan fingerprint density at radius 2 is 2.00 bits per heavy atom. The van der Waals surface area contributed by atoms with Gasteiger partial charge in [-0.2, -0.15) is 11.8 Å². The van der Waals surface area contributed by atoms with Gasteiger partial charge in [-0.05, 0) is 31.4 Å². The largest absolute Gasteiger partial charge is 0.396 e. The highest BCUT2D eigenvalue weighted by molar-refractivity contribution is 7.99. The van der Waals surface area contributed by atoms with E-state index in [1.54, 1.807) is 11.8 Å². The summed E-state index contributed by atoms with van der Waals surface area (Å²) in [5, 5.41) is 20.4. The number of thioether (sulfide) groups is 1. The van der Waals surface area contributed by atoms with Crippen LogP contribution in [0.5, 0.6) is 0 Å². The zero-order valence-electron chi connectivity index (χ0n) is 9.89. The predicted molar refractivity (Wildman–Crippen MR) is 68.9 cm³/mol. The fraction of sp³-hybridized carbons (Fsp3) is 1.00. The minimum Gasteiger partial charge on any atom is -0.396 e. The van der Waals surface area contributed by atoms with Gasteiger partial charge in [0.15, 0.2) is 9.84 Å². The van der Waals surface area contributed by atoms with Crippen molar-refractivity contribution in [3.8, 4) is 0 Å². The van der Waals surface area contributed by atoms with Crippen molar-refractivity contribution in [2.45, 2.75) is 31.3 Å². The van der Waals surface area contributed by atoms with Gasteiger partial charge in [0.25, 0.3) is 0 Å². The molecule has 2 N–H and O–H groups in total.